The molecule has 3 rings (SSSR count). The van der Waals surface area contributed by atoms with Gasteiger partial charge >= 0.3 is 0 Å². The third kappa shape index (κ3) is 2.46. The molecule has 0 radical (unpaired) electrons. The Morgan fingerprint density at radius 1 is 1.33 bits per heavy atom. The lowest BCUT2D eigenvalue weighted by atomic mass is 9.51. The van der Waals surface area contributed by atoms with Crippen LogP contribution >= 0.6 is 0 Å². The van der Waals surface area contributed by atoms with E-state index in [-0.39, 0.29) is 5.41 Å². The number of hydrogen-bond acceptors (Lipinski definition) is 4. The summed E-state index contributed by atoms with van der Waals surface area (Å²) in [6.45, 7) is 2.78. The molecular formula is C16H23NO3S. The quantitative estimate of drug-likeness (QED) is 0.908. The van der Waals surface area contributed by atoms with E-state index in [2.05, 4.69) is 5.32 Å². The maximum atomic E-state index is 11.9. The standard InChI is InChI=1S/C16H23NO3S/c1-3-20-15-11-14(16(15)9-6-10-16)17-12-7-4-5-8-13(12)21(2,18)19/h4-5,7-8,14-15,17H,3,6,9-11H2,1-2H3. The smallest absolute Gasteiger partial charge is 0.177 e. The van der Waals surface area contributed by atoms with Crippen LogP contribution in [0.15, 0.2) is 29.2 Å². The van der Waals surface area contributed by atoms with Gasteiger partial charge in [0.1, 0.15) is 0 Å². The van der Waals surface area contributed by atoms with Crippen LogP contribution in [-0.2, 0) is 14.6 Å². The minimum absolute atomic E-state index is 0.223. The Balaban J connectivity index is 1.80. The average molecular weight is 309 g/mol. The largest absolute Gasteiger partial charge is 0.380 e. The Hall–Kier alpha value is -1.07. The molecule has 1 N–H and O–H groups in total. The van der Waals surface area contributed by atoms with Crippen molar-refractivity contribution in [3.05, 3.63) is 24.3 Å². The maximum absolute atomic E-state index is 11.9. The first-order chi connectivity index (χ1) is 9.97. The van der Waals surface area contributed by atoms with Gasteiger partial charge in [-0.25, -0.2) is 8.42 Å². The SMILES string of the molecule is CCOC1CC(Nc2ccccc2S(C)(=O)=O)C12CCC2. The van der Waals surface area contributed by atoms with Gasteiger partial charge in [0, 0.05) is 24.3 Å². The molecule has 0 amide bonds. The first-order valence-electron chi connectivity index (χ1n) is 7.64. The van der Waals surface area contributed by atoms with Crippen LogP contribution in [0.25, 0.3) is 0 Å². The summed E-state index contributed by atoms with van der Waals surface area (Å²) in [4.78, 5) is 0.388. The summed E-state index contributed by atoms with van der Waals surface area (Å²) < 4.78 is 29.6. The highest BCUT2D eigenvalue weighted by molar-refractivity contribution is 7.90. The Labute approximate surface area is 126 Å². The topological polar surface area (TPSA) is 55.4 Å². The minimum Gasteiger partial charge on any atom is -0.380 e. The van der Waals surface area contributed by atoms with E-state index in [0.29, 0.717) is 17.0 Å². The summed E-state index contributed by atoms with van der Waals surface area (Å²) in [6, 6.07) is 7.50. The Morgan fingerprint density at radius 3 is 2.62 bits per heavy atom. The van der Waals surface area contributed by atoms with Gasteiger partial charge in [-0.05, 0) is 38.3 Å². The van der Waals surface area contributed by atoms with Gasteiger partial charge in [0.15, 0.2) is 9.84 Å². The molecule has 0 saturated heterocycles. The normalized spacial score (nSPS) is 27.0. The van der Waals surface area contributed by atoms with Gasteiger partial charge in [-0.2, -0.15) is 0 Å². The second-order valence-corrected chi connectivity index (χ2v) is 8.22. The average Bonchev–Trinajstić information content (AvgIpc) is 2.34. The van der Waals surface area contributed by atoms with Crippen LogP contribution in [-0.4, -0.2) is 33.4 Å². The maximum Gasteiger partial charge on any atom is 0.177 e. The van der Waals surface area contributed by atoms with Crippen LogP contribution in [0.3, 0.4) is 0 Å². The molecule has 0 aromatic heterocycles. The van der Waals surface area contributed by atoms with Gasteiger partial charge in [0.2, 0.25) is 0 Å². The molecule has 0 heterocycles. The highest BCUT2D eigenvalue weighted by Crippen LogP contribution is 2.58. The van der Waals surface area contributed by atoms with E-state index in [4.69, 9.17) is 4.74 Å². The Bertz CT molecular complexity index is 622. The fraction of sp³-hybridized carbons (Fsp3) is 0.625. The molecule has 2 atom stereocenters. The molecule has 2 aliphatic rings. The van der Waals surface area contributed by atoms with E-state index >= 15 is 0 Å². The molecule has 0 bridgehead atoms. The lowest BCUT2D eigenvalue weighted by molar-refractivity contribution is -0.157. The van der Waals surface area contributed by atoms with Gasteiger partial charge < -0.3 is 10.1 Å². The molecule has 4 nitrogen and oxygen atoms in total. The number of para-hydroxylation sites is 1. The van der Waals surface area contributed by atoms with Crippen molar-refractivity contribution in [1.29, 1.82) is 0 Å². The molecule has 0 aliphatic heterocycles. The predicted octanol–water partition coefficient (Wildman–Crippen LogP) is 2.85. The van der Waals surface area contributed by atoms with Crippen molar-refractivity contribution in [2.24, 2.45) is 5.41 Å². The lowest BCUT2D eigenvalue weighted by Gasteiger charge is -2.61. The molecular weight excluding hydrogens is 286 g/mol. The van der Waals surface area contributed by atoms with Crippen LogP contribution in [0.2, 0.25) is 0 Å². The van der Waals surface area contributed by atoms with Crippen molar-refractivity contribution < 1.29 is 13.2 Å². The van der Waals surface area contributed by atoms with Crippen LogP contribution in [0, 0.1) is 5.41 Å². The number of benzene rings is 1. The molecule has 2 fully saturated rings. The minimum atomic E-state index is -3.21. The summed E-state index contributed by atoms with van der Waals surface area (Å²) in [7, 11) is -3.21. The molecule has 2 aliphatic carbocycles. The third-order valence-corrected chi connectivity index (χ3v) is 6.21. The second-order valence-electron chi connectivity index (χ2n) is 6.23. The molecule has 5 heteroatoms. The van der Waals surface area contributed by atoms with Gasteiger partial charge in [0.05, 0.1) is 16.7 Å². The number of rotatable bonds is 5. The molecule has 1 spiro atoms. The summed E-state index contributed by atoms with van der Waals surface area (Å²) in [6.07, 6.45) is 6.16. The molecule has 21 heavy (non-hydrogen) atoms. The van der Waals surface area contributed by atoms with Crippen molar-refractivity contribution in [1.82, 2.24) is 0 Å². The van der Waals surface area contributed by atoms with Crippen LogP contribution in [0.5, 0.6) is 0 Å². The van der Waals surface area contributed by atoms with Crippen molar-refractivity contribution in [3.63, 3.8) is 0 Å². The fourth-order valence-corrected chi connectivity index (χ4v) is 4.59. The molecule has 1 aromatic rings. The summed E-state index contributed by atoms with van der Waals surface area (Å²) in [5.74, 6) is 0. The Morgan fingerprint density at radius 2 is 2.05 bits per heavy atom. The van der Waals surface area contributed by atoms with E-state index in [1.165, 1.54) is 25.5 Å². The molecule has 2 unspecified atom stereocenters. The van der Waals surface area contributed by atoms with E-state index in [1.807, 2.05) is 19.1 Å². The summed E-state index contributed by atoms with van der Waals surface area (Å²) >= 11 is 0. The predicted molar refractivity (Wildman–Crippen MR) is 83.3 cm³/mol. The lowest BCUT2D eigenvalue weighted by Crippen LogP contribution is -2.64. The highest BCUT2D eigenvalue weighted by atomic mass is 32.2. The van der Waals surface area contributed by atoms with Crippen molar-refractivity contribution in [2.45, 2.75) is 49.6 Å². The molecule has 1 aromatic carbocycles. The van der Waals surface area contributed by atoms with Crippen LogP contribution < -0.4 is 5.32 Å². The van der Waals surface area contributed by atoms with Gasteiger partial charge in [-0.15, -0.1) is 0 Å². The van der Waals surface area contributed by atoms with Crippen LogP contribution in [0.1, 0.15) is 32.6 Å². The summed E-state index contributed by atoms with van der Waals surface area (Å²) in [5.41, 5.74) is 0.951. The van der Waals surface area contributed by atoms with Gasteiger partial charge in [-0.3, -0.25) is 0 Å². The number of anilines is 1. The number of nitrogens with one attached hydrogen (secondary N) is 1. The zero-order valence-corrected chi connectivity index (χ0v) is 13.4. The molecule has 116 valence electrons. The van der Waals surface area contributed by atoms with E-state index in [1.54, 1.807) is 12.1 Å². The number of ether oxygens (including phenoxy) is 1. The van der Waals surface area contributed by atoms with E-state index in [0.717, 1.165) is 18.7 Å². The van der Waals surface area contributed by atoms with Crippen molar-refractivity contribution in [2.75, 3.05) is 18.2 Å². The third-order valence-electron chi connectivity index (χ3n) is 5.05. The zero-order chi connectivity index (χ0) is 15.1. The molecule has 2 saturated carbocycles. The first-order valence-corrected chi connectivity index (χ1v) is 9.54. The van der Waals surface area contributed by atoms with Gasteiger partial charge in [0.25, 0.3) is 0 Å². The van der Waals surface area contributed by atoms with Crippen LogP contribution in [0.4, 0.5) is 5.69 Å². The number of sulfone groups is 1. The first kappa shape index (κ1) is 14.9. The van der Waals surface area contributed by atoms with Crippen molar-refractivity contribution >= 4 is 15.5 Å². The van der Waals surface area contributed by atoms with Gasteiger partial charge in [-0.1, -0.05) is 18.6 Å². The van der Waals surface area contributed by atoms with E-state index < -0.39 is 9.84 Å². The van der Waals surface area contributed by atoms with Crippen molar-refractivity contribution in [3.8, 4) is 0 Å². The second kappa shape index (κ2) is 5.29. The Kier molecular flexibility index (Phi) is 3.74. The number of hydrogen-bond donors (Lipinski definition) is 1. The fourth-order valence-electron chi connectivity index (χ4n) is 3.74. The van der Waals surface area contributed by atoms with E-state index in [9.17, 15) is 8.42 Å². The monoisotopic (exact) mass is 309 g/mol. The summed E-state index contributed by atoms with van der Waals surface area (Å²) in [5, 5.41) is 3.48. The zero-order valence-electron chi connectivity index (χ0n) is 12.6. The highest BCUT2D eigenvalue weighted by Gasteiger charge is 2.59.